The lowest BCUT2D eigenvalue weighted by Crippen LogP contribution is -2.52. The molecular weight excluding hydrogens is 626 g/mol. The highest BCUT2D eigenvalue weighted by Gasteiger charge is 2.49. The zero-order valence-corrected chi connectivity index (χ0v) is 28.4. The van der Waals surface area contributed by atoms with Crippen LogP contribution in [-0.4, -0.2) is 79.5 Å². The normalized spacial score (nSPS) is 25.8. The predicted octanol–water partition coefficient (Wildman–Crippen LogP) is 5.30. The highest BCUT2D eigenvalue weighted by Crippen LogP contribution is 2.49. The first-order valence-electron chi connectivity index (χ1n) is 18.4. The van der Waals surface area contributed by atoms with Crippen molar-refractivity contribution >= 4 is 33.9 Å². The minimum atomic E-state index is -0.00183. The molecule has 2 bridgehead atoms. The summed E-state index contributed by atoms with van der Waals surface area (Å²) in [5, 5.41) is 1.09. The Morgan fingerprint density at radius 2 is 1.74 bits per heavy atom. The average molecular weight is 670 g/mol. The molecule has 2 amide bonds. The van der Waals surface area contributed by atoms with Gasteiger partial charge in [0, 0.05) is 73.8 Å². The molecule has 10 rings (SSSR count). The SMILES string of the molecule is COc1cc(C(=O)N2CC3CCC2[C@@H]3N)cc2nc(-c3cc4cccnc4n3CC3CC3)n(CC3CN(C(=O)[C@H]4C[C@@H]4c4ccccc4)C3)c12. The van der Waals surface area contributed by atoms with Gasteiger partial charge in [-0.1, -0.05) is 30.3 Å². The third-order valence-electron chi connectivity index (χ3n) is 12.3. The first-order chi connectivity index (χ1) is 24.4. The Balaban J connectivity index is 1.00. The molecule has 5 fully saturated rings. The second kappa shape index (κ2) is 11.4. The summed E-state index contributed by atoms with van der Waals surface area (Å²) < 4.78 is 10.7. The summed E-state index contributed by atoms with van der Waals surface area (Å²) in [6.07, 6.45) is 7.29. The van der Waals surface area contributed by atoms with Gasteiger partial charge in [0.25, 0.3) is 5.91 Å². The van der Waals surface area contributed by atoms with E-state index in [-0.39, 0.29) is 35.7 Å². The number of hydrogen-bond donors (Lipinski definition) is 1. The minimum absolute atomic E-state index is 0.00183. The predicted molar refractivity (Wildman–Crippen MR) is 191 cm³/mol. The van der Waals surface area contributed by atoms with E-state index in [4.69, 9.17) is 20.4 Å². The van der Waals surface area contributed by atoms with Crippen LogP contribution in [0.4, 0.5) is 0 Å². The van der Waals surface area contributed by atoms with E-state index in [1.54, 1.807) is 7.11 Å². The maximum absolute atomic E-state index is 14.0. The maximum atomic E-state index is 14.0. The molecule has 5 aliphatic rings. The molecular formula is C40H43N7O3. The number of fused-ring (bicyclic) bond motifs is 4. The number of carbonyl (C=O) groups is 2. The number of nitrogens with two attached hydrogens (primary N) is 1. The van der Waals surface area contributed by atoms with E-state index < -0.39 is 0 Å². The molecule has 2 aromatic carbocycles. The van der Waals surface area contributed by atoms with Crippen LogP contribution in [0.5, 0.6) is 5.75 Å². The number of amides is 2. The molecule has 2 saturated heterocycles. The number of hydrogen-bond acceptors (Lipinski definition) is 6. The molecule has 3 saturated carbocycles. The topological polar surface area (TPSA) is 112 Å². The van der Waals surface area contributed by atoms with Gasteiger partial charge in [0.1, 0.15) is 16.9 Å². The quantitative estimate of drug-likeness (QED) is 0.228. The molecule has 50 heavy (non-hydrogen) atoms. The van der Waals surface area contributed by atoms with E-state index in [2.05, 4.69) is 45.5 Å². The van der Waals surface area contributed by atoms with Gasteiger partial charge in [0.2, 0.25) is 5.91 Å². The van der Waals surface area contributed by atoms with E-state index >= 15 is 0 Å². The zero-order chi connectivity index (χ0) is 33.7. The second-order valence-electron chi connectivity index (χ2n) is 15.5. The first-order valence-corrected chi connectivity index (χ1v) is 18.4. The van der Waals surface area contributed by atoms with Crippen LogP contribution in [0.25, 0.3) is 33.6 Å². The third kappa shape index (κ3) is 4.86. The van der Waals surface area contributed by atoms with E-state index in [9.17, 15) is 9.59 Å². The summed E-state index contributed by atoms with van der Waals surface area (Å²) in [6.45, 7) is 3.74. The van der Waals surface area contributed by atoms with Crippen molar-refractivity contribution in [2.45, 2.75) is 63.2 Å². The molecule has 5 heterocycles. The van der Waals surface area contributed by atoms with Gasteiger partial charge in [-0.25, -0.2) is 9.97 Å². The minimum Gasteiger partial charge on any atom is -0.494 e. The summed E-state index contributed by atoms with van der Waals surface area (Å²) >= 11 is 0. The van der Waals surface area contributed by atoms with Crippen LogP contribution in [0, 0.1) is 23.7 Å². The van der Waals surface area contributed by atoms with Crippen LogP contribution in [0.2, 0.25) is 0 Å². The Morgan fingerprint density at radius 3 is 2.48 bits per heavy atom. The van der Waals surface area contributed by atoms with Crippen LogP contribution in [0.1, 0.15) is 53.9 Å². The highest BCUT2D eigenvalue weighted by atomic mass is 16.5. The first kappa shape index (κ1) is 30.2. The van der Waals surface area contributed by atoms with Gasteiger partial charge in [-0.15, -0.1) is 0 Å². The summed E-state index contributed by atoms with van der Waals surface area (Å²) in [7, 11) is 1.67. The lowest BCUT2D eigenvalue weighted by Gasteiger charge is -2.40. The standard InChI is InChI=1S/C40H43N7O3/c1-50-34-16-28(39(48)46-22-27-11-12-32(46)35(27)41)14-31-36(34)47(21-24-18-44(19-24)40(49)30-17-29(30)25-6-3-2-4-7-25)38(43-31)33-15-26-8-5-13-42-37(26)45(33)20-23-9-10-23/h2-8,13-16,23-24,27,29-30,32,35H,9-12,17-22,41H2,1H3/t27?,29-,30+,32?,35-/m1/s1. The van der Waals surface area contributed by atoms with Crippen LogP contribution in [0.15, 0.2) is 66.9 Å². The van der Waals surface area contributed by atoms with E-state index in [0.29, 0.717) is 42.2 Å². The number of methoxy groups -OCH3 is 1. The van der Waals surface area contributed by atoms with E-state index in [1.165, 1.54) is 18.4 Å². The van der Waals surface area contributed by atoms with Crippen molar-refractivity contribution < 1.29 is 14.3 Å². The van der Waals surface area contributed by atoms with Gasteiger partial charge < -0.3 is 29.4 Å². The van der Waals surface area contributed by atoms with Crippen molar-refractivity contribution in [3.05, 3.63) is 78.0 Å². The fraction of sp³-hybridized carbons (Fsp3) is 0.450. The Labute approximate surface area is 291 Å². The van der Waals surface area contributed by atoms with E-state index in [0.717, 1.165) is 72.5 Å². The second-order valence-corrected chi connectivity index (χ2v) is 15.5. The molecule has 10 nitrogen and oxygen atoms in total. The van der Waals surface area contributed by atoms with Crippen molar-refractivity contribution in [2.24, 2.45) is 29.4 Å². The Kier molecular flexibility index (Phi) is 6.88. The number of rotatable bonds is 9. The Bertz CT molecular complexity index is 2150. The number of piperidine rings is 1. The molecule has 2 N–H and O–H groups in total. The number of imidazole rings is 1. The number of nitrogens with zero attached hydrogens (tertiary/aromatic N) is 6. The van der Waals surface area contributed by atoms with Gasteiger partial charge in [-0.05, 0) is 85.8 Å². The zero-order valence-electron chi connectivity index (χ0n) is 28.4. The maximum Gasteiger partial charge on any atom is 0.254 e. The van der Waals surface area contributed by atoms with Gasteiger partial charge >= 0.3 is 0 Å². The number of aromatic nitrogens is 4. The Morgan fingerprint density at radius 1 is 0.920 bits per heavy atom. The van der Waals surface area contributed by atoms with Crippen molar-refractivity contribution in [3.8, 4) is 17.3 Å². The van der Waals surface area contributed by atoms with Gasteiger partial charge in [0.15, 0.2) is 5.82 Å². The largest absolute Gasteiger partial charge is 0.494 e. The van der Waals surface area contributed by atoms with Crippen molar-refractivity contribution in [2.75, 3.05) is 26.7 Å². The van der Waals surface area contributed by atoms with Crippen LogP contribution >= 0.6 is 0 Å². The number of likely N-dealkylation sites (tertiary alicyclic amines) is 2. The lowest BCUT2D eigenvalue weighted by atomic mass is 9.98. The van der Waals surface area contributed by atoms with Crippen molar-refractivity contribution in [3.63, 3.8) is 0 Å². The molecule has 5 atom stereocenters. The summed E-state index contributed by atoms with van der Waals surface area (Å²) in [4.78, 5) is 41.6. The average Bonchev–Trinajstić information content (AvgIpc) is 4.00. The Hall–Kier alpha value is -4.70. The monoisotopic (exact) mass is 669 g/mol. The van der Waals surface area contributed by atoms with Crippen LogP contribution < -0.4 is 10.5 Å². The number of carbonyl (C=O) groups excluding carboxylic acids is 2. The molecule has 256 valence electrons. The number of benzene rings is 2. The molecule has 3 aromatic heterocycles. The molecule has 2 aliphatic heterocycles. The van der Waals surface area contributed by atoms with Gasteiger partial charge in [0.05, 0.1) is 18.3 Å². The summed E-state index contributed by atoms with van der Waals surface area (Å²) in [5.41, 5.74) is 11.9. The molecule has 2 unspecified atom stereocenters. The van der Waals surface area contributed by atoms with Gasteiger partial charge in [-0.2, -0.15) is 0 Å². The number of pyridine rings is 1. The summed E-state index contributed by atoms with van der Waals surface area (Å²) in [6, 6.07) is 20.7. The van der Waals surface area contributed by atoms with Gasteiger partial charge in [-0.3, -0.25) is 9.59 Å². The smallest absolute Gasteiger partial charge is 0.254 e. The van der Waals surface area contributed by atoms with Crippen molar-refractivity contribution in [1.29, 1.82) is 0 Å². The van der Waals surface area contributed by atoms with Crippen LogP contribution in [-0.2, 0) is 17.9 Å². The lowest BCUT2D eigenvalue weighted by molar-refractivity contribution is -0.139. The third-order valence-corrected chi connectivity index (χ3v) is 12.3. The summed E-state index contributed by atoms with van der Waals surface area (Å²) in [5.74, 6) is 3.47. The fourth-order valence-electron chi connectivity index (χ4n) is 9.24. The molecule has 5 aromatic rings. The molecule has 0 radical (unpaired) electrons. The number of ether oxygens (including phenoxy) is 1. The molecule has 3 aliphatic carbocycles. The fourth-order valence-corrected chi connectivity index (χ4v) is 9.24. The highest BCUT2D eigenvalue weighted by molar-refractivity contribution is 6.00. The molecule has 0 spiro atoms. The molecule has 10 heteroatoms. The van der Waals surface area contributed by atoms with Crippen LogP contribution in [0.3, 0.4) is 0 Å². The van der Waals surface area contributed by atoms with Crippen molar-refractivity contribution in [1.82, 2.24) is 28.9 Å². The van der Waals surface area contributed by atoms with E-state index in [1.807, 2.05) is 40.3 Å².